The lowest BCUT2D eigenvalue weighted by Gasteiger charge is -2.12. The molecule has 0 bridgehead atoms. The molecule has 96 valence electrons. The number of aromatic nitrogens is 2. The first-order chi connectivity index (χ1) is 7.99. The van der Waals surface area contributed by atoms with Crippen LogP contribution in [0.4, 0.5) is 13.2 Å². The summed E-state index contributed by atoms with van der Waals surface area (Å²) < 4.78 is 35.6. The van der Waals surface area contributed by atoms with Crippen LogP contribution in [-0.4, -0.2) is 22.7 Å². The Labute approximate surface area is 98.5 Å². The third-order valence-corrected chi connectivity index (χ3v) is 2.36. The predicted molar refractivity (Wildman–Crippen MR) is 58.4 cm³/mol. The van der Waals surface area contributed by atoms with Crippen molar-refractivity contribution < 1.29 is 13.2 Å². The minimum absolute atomic E-state index is 0.00888. The van der Waals surface area contributed by atoms with Crippen LogP contribution in [0.3, 0.4) is 0 Å². The van der Waals surface area contributed by atoms with E-state index in [0.717, 1.165) is 5.69 Å². The minimum atomic E-state index is -4.05. The normalized spacial score (nSPS) is 13.6. The standard InChI is InChI=1S/C11H16F3N3/c1-9(10-8-15-6-7-17-10)16-5-3-2-4-11(12,13)14/h6-9,16H,2-5H2,1H3. The first-order valence-corrected chi connectivity index (χ1v) is 5.55. The summed E-state index contributed by atoms with van der Waals surface area (Å²) in [6.45, 7) is 2.46. The highest BCUT2D eigenvalue weighted by Gasteiger charge is 2.25. The Morgan fingerprint density at radius 1 is 1.29 bits per heavy atom. The maximum absolute atomic E-state index is 11.9. The molecule has 3 nitrogen and oxygen atoms in total. The third-order valence-electron chi connectivity index (χ3n) is 2.36. The van der Waals surface area contributed by atoms with Crippen LogP contribution in [0.25, 0.3) is 0 Å². The highest BCUT2D eigenvalue weighted by molar-refractivity contribution is 5.00. The lowest BCUT2D eigenvalue weighted by Crippen LogP contribution is -2.21. The molecule has 1 unspecified atom stereocenters. The second-order valence-electron chi connectivity index (χ2n) is 3.88. The van der Waals surface area contributed by atoms with Gasteiger partial charge in [-0.05, 0) is 26.3 Å². The van der Waals surface area contributed by atoms with E-state index in [0.29, 0.717) is 13.0 Å². The van der Waals surface area contributed by atoms with Crippen LogP contribution in [0.15, 0.2) is 18.6 Å². The number of rotatable bonds is 6. The van der Waals surface area contributed by atoms with Crippen molar-refractivity contribution in [1.82, 2.24) is 15.3 Å². The van der Waals surface area contributed by atoms with Crippen LogP contribution in [0.5, 0.6) is 0 Å². The van der Waals surface area contributed by atoms with Crippen molar-refractivity contribution in [3.63, 3.8) is 0 Å². The Morgan fingerprint density at radius 3 is 2.65 bits per heavy atom. The zero-order chi connectivity index (χ0) is 12.7. The van der Waals surface area contributed by atoms with Gasteiger partial charge < -0.3 is 5.32 Å². The highest BCUT2D eigenvalue weighted by Crippen LogP contribution is 2.21. The SMILES string of the molecule is CC(NCCCCC(F)(F)F)c1cnccn1. The van der Waals surface area contributed by atoms with E-state index < -0.39 is 12.6 Å². The molecule has 0 saturated heterocycles. The van der Waals surface area contributed by atoms with E-state index in [2.05, 4.69) is 15.3 Å². The van der Waals surface area contributed by atoms with E-state index in [-0.39, 0.29) is 12.5 Å². The molecule has 0 aliphatic rings. The maximum atomic E-state index is 11.9. The molecule has 17 heavy (non-hydrogen) atoms. The number of alkyl halides is 3. The van der Waals surface area contributed by atoms with Crippen LogP contribution >= 0.6 is 0 Å². The molecule has 0 radical (unpaired) electrons. The first kappa shape index (κ1) is 13.9. The quantitative estimate of drug-likeness (QED) is 0.785. The minimum Gasteiger partial charge on any atom is -0.309 e. The summed E-state index contributed by atoms with van der Waals surface area (Å²) in [7, 11) is 0. The van der Waals surface area contributed by atoms with Gasteiger partial charge in [0, 0.05) is 31.1 Å². The summed E-state index contributed by atoms with van der Waals surface area (Å²) in [5, 5.41) is 3.12. The van der Waals surface area contributed by atoms with Gasteiger partial charge in [0.25, 0.3) is 0 Å². The van der Waals surface area contributed by atoms with Crippen molar-refractivity contribution in [1.29, 1.82) is 0 Å². The van der Waals surface area contributed by atoms with Gasteiger partial charge in [-0.2, -0.15) is 13.2 Å². The fourth-order valence-electron chi connectivity index (χ4n) is 1.41. The summed E-state index contributed by atoms with van der Waals surface area (Å²) in [6, 6.07) is 0.00888. The van der Waals surface area contributed by atoms with Gasteiger partial charge in [-0.25, -0.2) is 0 Å². The van der Waals surface area contributed by atoms with Gasteiger partial charge in [0.05, 0.1) is 5.69 Å². The lowest BCUT2D eigenvalue weighted by molar-refractivity contribution is -0.135. The molecule has 0 aliphatic heterocycles. The summed E-state index contributed by atoms with van der Waals surface area (Å²) in [4.78, 5) is 8.04. The molecule has 6 heteroatoms. The second-order valence-corrected chi connectivity index (χ2v) is 3.88. The topological polar surface area (TPSA) is 37.8 Å². The number of unbranched alkanes of at least 4 members (excludes halogenated alkanes) is 1. The molecule has 1 aromatic heterocycles. The molecule has 0 saturated carbocycles. The van der Waals surface area contributed by atoms with E-state index in [1.807, 2.05) is 6.92 Å². The zero-order valence-electron chi connectivity index (χ0n) is 9.67. The number of hydrogen-bond acceptors (Lipinski definition) is 3. The molecule has 0 amide bonds. The van der Waals surface area contributed by atoms with Crippen molar-refractivity contribution in [2.45, 2.75) is 38.4 Å². The van der Waals surface area contributed by atoms with Crippen LogP contribution in [0.1, 0.15) is 37.9 Å². The molecular formula is C11H16F3N3. The number of nitrogens with one attached hydrogen (secondary N) is 1. The first-order valence-electron chi connectivity index (χ1n) is 5.55. The summed E-state index contributed by atoms with van der Waals surface area (Å²) >= 11 is 0. The molecular weight excluding hydrogens is 231 g/mol. The molecule has 1 heterocycles. The Kier molecular flexibility index (Phi) is 5.34. The van der Waals surface area contributed by atoms with E-state index in [1.54, 1.807) is 18.6 Å². The van der Waals surface area contributed by atoms with Gasteiger partial charge in [-0.3, -0.25) is 9.97 Å². The summed E-state index contributed by atoms with van der Waals surface area (Å²) in [6.07, 6.45) is 0.725. The molecule has 1 rings (SSSR count). The van der Waals surface area contributed by atoms with Gasteiger partial charge in [0.1, 0.15) is 0 Å². The Hall–Kier alpha value is -1.17. The molecule has 0 spiro atoms. The van der Waals surface area contributed by atoms with E-state index >= 15 is 0 Å². The molecule has 1 N–H and O–H groups in total. The van der Waals surface area contributed by atoms with Crippen LogP contribution in [-0.2, 0) is 0 Å². The largest absolute Gasteiger partial charge is 0.389 e. The van der Waals surface area contributed by atoms with Gasteiger partial charge in [0.2, 0.25) is 0 Å². The molecule has 0 fully saturated rings. The summed E-state index contributed by atoms with van der Waals surface area (Å²) in [5.74, 6) is 0. The van der Waals surface area contributed by atoms with Crippen LogP contribution < -0.4 is 5.32 Å². The fourth-order valence-corrected chi connectivity index (χ4v) is 1.41. The van der Waals surface area contributed by atoms with Crippen molar-refractivity contribution in [2.75, 3.05) is 6.54 Å². The number of hydrogen-bond donors (Lipinski definition) is 1. The maximum Gasteiger partial charge on any atom is 0.389 e. The average molecular weight is 247 g/mol. The molecule has 1 atom stereocenters. The summed E-state index contributed by atoms with van der Waals surface area (Å²) in [5.41, 5.74) is 0.795. The second kappa shape index (κ2) is 6.54. The number of nitrogens with zero attached hydrogens (tertiary/aromatic N) is 2. The monoisotopic (exact) mass is 247 g/mol. The highest BCUT2D eigenvalue weighted by atomic mass is 19.4. The Balaban J connectivity index is 2.15. The van der Waals surface area contributed by atoms with Crippen molar-refractivity contribution in [3.05, 3.63) is 24.3 Å². The number of halogens is 3. The predicted octanol–water partition coefficient (Wildman–Crippen LogP) is 2.86. The zero-order valence-corrected chi connectivity index (χ0v) is 9.67. The molecule has 0 aliphatic carbocycles. The van der Waals surface area contributed by atoms with E-state index in [4.69, 9.17) is 0 Å². The van der Waals surface area contributed by atoms with Gasteiger partial charge in [0.15, 0.2) is 0 Å². The van der Waals surface area contributed by atoms with Gasteiger partial charge >= 0.3 is 6.18 Å². The lowest BCUT2D eigenvalue weighted by atomic mass is 10.2. The average Bonchev–Trinajstić information content (AvgIpc) is 2.28. The van der Waals surface area contributed by atoms with E-state index in [1.165, 1.54) is 0 Å². The van der Waals surface area contributed by atoms with Crippen molar-refractivity contribution >= 4 is 0 Å². The fraction of sp³-hybridized carbons (Fsp3) is 0.636. The van der Waals surface area contributed by atoms with Gasteiger partial charge in [-0.15, -0.1) is 0 Å². The Morgan fingerprint density at radius 2 is 2.06 bits per heavy atom. The molecule has 1 aromatic rings. The molecule has 0 aromatic carbocycles. The van der Waals surface area contributed by atoms with Crippen LogP contribution in [0, 0.1) is 0 Å². The third kappa shape index (κ3) is 6.21. The van der Waals surface area contributed by atoms with Crippen molar-refractivity contribution in [2.24, 2.45) is 0 Å². The van der Waals surface area contributed by atoms with Crippen LogP contribution in [0.2, 0.25) is 0 Å². The Bertz CT molecular complexity index is 313. The van der Waals surface area contributed by atoms with E-state index in [9.17, 15) is 13.2 Å². The smallest absolute Gasteiger partial charge is 0.309 e. The van der Waals surface area contributed by atoms with Gasteiger partial charge in [-0.1, -0.05) is 0 Å². The van der Waals surface area contributed by atoms with Crippen molar-refractivity contribution in [3.8, 4) is 0 Å².